The highest BCUT2D eigenvalue weighted by molar-refractivity contribution is 7.87. The van der Waals surface area contributed by atoms with Crippen LogP contribution in [-0.4, -0.2) is 38.9 Å². The molecule has 0 spiro atoms. The van der Waals surface area contributed by atoms with E-state index in [0.29, 0.717) is 17.0 Å². The molecule has 3 N–H and O–H groups in total. The molecule has 0 fully saturated rings. The molecule has 0 aromatic heterocycles. The summed E-state index contributed by atoms with van der Waals surface area (Å²) in [5, 5.41) is 0.449. The van der Waals surface area contributed by atoms with Gasteiger partial charge in [0.05, 0.1) is 0 Å². The zero-order valence-corrected chi connectivity index (χ0v) is 17.9. The van der Waals surface area contributed by atoms with Crippen LogP contribution in [0.25, 0.3) is 32.3 Å². The normalized spacial score (nSPS) is 13.4. The van der Waals surface area contributed by atoms with E-state index in [0.717, 1.165) is 0 Å². The van der Waals surface area contributed by atoms with E-state index in [1.807, 2.05) is 0 Å². The van der Waals surface area contributed by atoms with E-state index in [1.165, 1.54) is 30.3 Å². The third-order valence-electron chi connectivity index (χ3n) is 5.05. The van der Waals surface area contributed by atoms with Crippen LogP contribution in [0, 0.1) is 0 Å². The van der Waals surface area contributed by atoms with E-state index in [4.69, 9.17) is 0 Å². The van der Waals surface area contributed by atoms with Gasteiger partial charge in [-0.3, -0.25) is 13.7 Å². The summed E-state index contributed by atoms with van der Waals surface area (Å²) in [6.45, 7) is 3.62. The van der Waals surface area contributed by atoms with E-state index in [2.05, 4.69) is 6.58 Å². The molecule has 0 heterocycles. The highest BCUT2D eigenvalue weighted by atomic mass is 32.2. The first-order valence-electron chi connectivity index (χ1n) is 8.56. The molecule has 0 aliphatic rings. The second-order valence-corrected chi connectivity index (χ2v) is 11.1. The van der Waals surface area contributed by atoms with E-state index in [9.17, 15) is 38.9 Å². The summed E-state index contributed by atoms with van der Waals surface area (Å²) in [5.74, 6) is 0. The van der Waals surface area contributed by atoms with Crippen molar-refractivity contribution in [1.82, 2.24) is 0 Å². The van der Waals surface area contributed by atoms with Crippen LogP contribution in [0.5, 0.6) is 0 Å². The molecule has 0 saturated carbocycles. The maximum atomic E-state index is 12.2. The van der Waals surface area contributed by atoms with Gasteiger partial charge in [-0.15, -0.1) is 6.58 Å². The number of hydrogen-bond donors (Lipinski definition) is 3. The van der Waals surface area contributed by atoms with Gasteiger partial charge in [0.25, 0.3) is 30.4 Å². The van der Waals surface area contributed by atoms with Gasteiger partial charge in [-0.1, -0.05) is 30.3 Å². The first kappa shape index (κ1) is 21.6. The van der Waals surface area contributed by atoms with Gasteiger partial charge in [0.15, 0.2) is 0 Å². The summed E-state index contributed by atoms with van der Waals surface area (Å²) < 4.78 is 101. The zero-order valence-electron chi connectivity index (χ0n) is 15.5. The number of benzene rings is 4. The molecule has 0 bridgehead atoms. The lowest BCUT2D eigenvalue weighted by Crippen LogP contribution is -2.08. The molecule has 12 heteroatoms. The van der Waals surface area contributed by atoms with Gasteiger partial charge in [-0.05, 0) is 34.9 Å². The quantitative estimate of drug-likeness (QED) is 0.220. The Morgan fingerprint density at radius 1 is 0.677 bits per heavy atom. The second-order valence-electron chi connectivity index (χ2n) is 6.90. The molecule has 4 aromatic rings. The molecule has 31 heavy (non-hydrogen) atoms. The van der Waals surface area contributed by atoms with Crippen LogP contribution in [0.2, 0.25) is 0 Å². The minimum absolute atomic E-state index is 0.0000926. The molecule has 162 valence electrons. The summed E-state index contributed by atoms with van der Waals surface area (Å²) >= 11 is 0. The largest absolute Gasteiger partial charge is 0.295 e. The van der Waals surface area contributed by atoms with Crippen LogP contribution in [0.15, 0.2) is 63.7 Å². The van der Waals surface area contributed by atoms with Crippen LogP contribution in [-0.2, 0) is 36.8 Å². The summed E-state index contributed by atoms with van der Waals surface area (Å²) in [5.41, 5.74) is 0.370. The summed E-state index contributed by atoms with van der Waals surface area (Å²) in [6.07, 6.45) is 1.61. The Labute approximate surface area is 177 Å². The van der Waals surface area contributed by atoms with Gasteiger partial charge in [-0.2, -0.15) is 25.3 Å². The SMILES string of the molecule is C=CCc1cc2ccc(S(=O)(=O)O)c3ccc4c(S(=O)(=O)O)cc(S(=O)(=O)O)c1c4c23. The van der Waals surface area contributed by atoms with Gasteiger partial charge in [0, 0.05) is 21.5 Å². The van der Waals surface area contributed by atoms with Gasteiger partial charge in [0.1, 0.15) is 14.7 Å². The minimum Gasteiger partial charge on any atom is -0.282 e. The molecular weight excluding hydrogens is 468 g/mol. The van der Waals surface area contributed by atoms with Crippen LogP contribution < -0.4 is 0 Å². The zero-order chi connectivity index (χ0) is 22.9. The summed E-state index contributed by atoms with van der Waals surface area (Å²) in [6, 6.07) is 7.21. The number of hydrogen-bond acceptors (Lipinski definition) is 6. The van der Waals surface area contributed by atoms with Crippen LogP contribution in [0.1, 0.15) is 5.56 Å². The van der Waals surface area contributed by atoms with E-state index >= 15 is 0 Å². The first-order valence-corrected chi connectivity index (χ1v) is 12.9. The molecule has 0 amide bonds. The van der Waals surface area contributed by atoms with Crippen LogP contribution >= 0.6 is 0 Å². The van der Waals surface area contributed by atoms with Crippen molar-refractivity contribution in [2.45, 2.75) is 21.1 Å². The Morgan fingerprint density at radius 3 is 1.74 bits per heavy atom. The maximum absolute atomic E-state index is 12.2. The molecule has 0 radical (unpaired) electrons. The molecular formula is C19H14O9S3. The molecule has 0 aliphatic carbocycles. The van der Waals surface area contributed by atoms with Gasteiger partial charge >= 0.3 is 0 Å². The topological polar surface area (TPSA) is 163 Å². The average molecular weight is 483 g/mol. The van der Waals surface area contributed by atoms with E-state index < -0.39 is 45.0 Å². The third-order valence-corrected chi connectivity index (χ3v) is 7.73. The third kappa shape index (κ3) is 3.37. The average Bonchev–Trinajstić information content (AvgIpc) is 2.63. The Hall–Kier alpha value is -2.61. The van der Waals surface area contributed by atoms with Crippen molar-refractivity contribution in [3.8, 4) is 0 Å². The van der Waals surface area contributed by atoms with Crippen molar-refractivity contribution >= 4 is 62.7 Å². The molecule has 0 saturated heterocycles. The second kappa shape index (κ2) is 6.69. The minimum atomic E-state index is -4.97. The maximum Gasteiger partial charge on any atom is 0.295 e. The molecule has 0 unspecified atom stereocenters. The standard InChI is InChI=1S/C19H14O9S3/c1-2-3-10-8-11-4-7-14(29(20,21)22)12-5-6-13-15(30(23,24)25)9-16(31(26,27)28)18(10)19(13)17(11)12/h2,4-9H,1,3H2,(H,20,21,22)(H,23,24,25)(H,26,27,28). The lowest BCUT2D eigenvalue weighted by Gasteiger charge is -2.19. The van der Waals surface area contributed by atoms with Crippen LogP contribution in [0.3, 0.4) is 0 Å². The van der Waals surface area contributed by atoms with Crippen molar-refractivity contribution in [1.29, 1.82) is 0 Å². The van der Waals surface area contributed by atoms with E-state index in [1.54, 1.807) is 6.07 Å². The van der Waals surface area contributed by atoms with Gasteiger partial charge in [0.2, 0.25) is 0 Å². The fraction of sp³-hybridized carbons (Fsp3) is 0.0526. The predicted octanol–water partition coefficient (Wildman–Crippen LogP) is 3.05. The number of rotatable bonds is 5. The lowest BCUT2D eigenvalue weighted by molar-refractivity contribution is 0.480. The van der Waals surface area contributed by atoms with Crippen LogP contribution in [0.4, 0.5) is 0 Å². The van der Waals surface area contributed by atoms with E-state index in [-0.39, 0.29) is 33.4 Å². The molecule has 0 aliphatic heterocycles. The molecule has 4 rings (SSSR count). The molecule has 9 nitrogen and oxygen atoms in total. The fourth-order valence-corrected chi connectivity index (χ4v) is 6.20. The Kier molecular flexibility index (Phi) is 4.67. The van der Waals surface area contributed by atoms with Crippen molar-refractivity contribution in [2.24, 2.45) is 0 Å². The lowest BCUT2D eigenvalue weighted by atomic mass is 9.90. The first-order chi connectivity index (χ1) is 14.2. The van der Waals surface area contributed by atoms with Crippen molar-refractivity contribution in [3.63, 3.8) is 0 Å². The van der Waals surface area contributed by atoms with Crippen molar-refractivity contribution < 1.29 is 38.9 Å². The Balaban J connectivity index is 2.48. The monoisotopic (exact) mass is 482 g/mol. The van der Waals surface area contributed by atoms with Gasteiger partial charge < -0.3 is 0 Å². The summed E-state index contributed by atoms with van der Waals surface area (Å²) in [4.78, 5) is -2.01. The smallest absolute Gasteiger partial charge is 0.282 e. The summed E-state index contributed by atoms with van der Waals surface area (Å²) in [7, 11) is -14.6. The van der Waals surface area contributed by atoms with Crippen molar-refractivity contribution in [2.75, 3.05) is 0 Å². The predicted molar refractivity (Wildman–Crippen MR) is 113 cm³/mol. The molecule has 4 aromatic carbocycles. The van der Waals surface area contributed by atoms with Gasteiger partial charge in [-0.25, -0.2) is 0 Å². The highest BCUT2D eigenvalue weighted by Gasteiger charge is 2.28. The molecule has 0 atom stereocenters. The van der Waals surface area contributed by atoms with Crippen molar-refractivity contribution in [3.05, 3.63) is 54.6 Å². The highest BCUT2D eigenvalue weighted by Crippen LogP contribution is 2.43. The Bertz CT molecular complexity index is 1730. The number of allylic oxidation sites excluding steroid dienone is 1. The Morgan fingerprint density at radius 2 is 1.23 bits per heavy atom. The fourth-order valence-electron chi connectivity index (χ4n) is 3.96.